The molecule has 100 valence electrons. The number of nitrogens with zero attached hydrogens (tertiary/aromatic N) is 3. The molecule has 0 aliphatic carbocycles. The van der Waals surface area contributed by atoms with Gasteiger partial charge in [-0.1, -0.05) is 0 Å². The van der Waals surface area contributed by atoms with Crippen molar-refractivity contribution in [3.05, 3.63) is 24.2 Å². The van der Waals surface area contributed by atoms with Gasteiger partial charge in [-0.25, -0.2) is 4.98 Å². The molecule has 5 nitrogen and oxygen atoms in total. The van der Waals surface area contributed by atoms with Crippen molar-refractivity contribution in [1.82, 2.24) is 9.97 Å². The molecule has 0 aromatic carbocycles. The van der Waals surface area contributed by atoms with Crippen LogP contribution in [0.15, 0.2) is 22.8 Å². The monoisotopic (exact) mass is 258 g/mol. The highest BCUT2D eigenvalue weighted by Gasteiger charge is 2.16. The van der Waals surface area contributed by atoms with Crippen LogP contribution in [0.1, 0.15) is 25.0 Å². The molecule has 1 saturated heterocycles. The number of aromatic nitrogens is 2. The van der Waals surface area contributed by atoms with E-state index in [1.165, 1.54) is 19.3 Å². The lowest BCUT2D eigenvalue weighted by Crippen LogP contribution is -2.31. The lowest BCUT2D eigenvalue weighted by atomic mass is 10.1. The van der Waals surface area contributed by atoms with Crippen LogP contribution in [-0.4, -0.2) is 23.1 Å². The largest absolute Gasteiger partial charge is 0.469 e. The summed E-state index contributed by atoms with van der Waals surface area (Å²) in [6, 6.07) is 3.71. The first-order valence-electron chi connectivity index (χ1n) is 6.68. The Labute approximate surface area is 112 Å². The van der Waals surface area contributed by atoms with E-state index in [0.717, 1.165) is 36.1 Å². The lowest BCUT2D eigenvalue weighted by Gasteiger charge is -2.26. The van der Waals surface area contributed by atoms with E-state index < -0.39 is 0 Å². The summed E-state index contributed by atoms with van der Waals surface area (Å²) in [5, 5.41) is 0. The Morgan fingerprint density at radius 2 is 2.00 bits per heavy atom. The molecule has 0 bridgehead atoms. The fraction of sp³-hybridized carbons (Fsp3) is 0.429. The molecule has 0 amide bonds. The molecule has 1 fully saturated rings. The maximum absolute atomic E-state index is 5.91. The van der Waals surface area contributed by atoms with Crippen LogP contribution in [0.3, 0.4) is 0 Å². The zero-order valence-corrected chi connectivity index (χ0v) is 11.1. The highest BCUT2D eigenvalue weighted by Crippen LogP contribution is 2.26. The minimum Gasteiger partial charge on any atom is -0.469 e. The molecule has 0 unspecified atom stereocenters. The summed E-state index contributed by atoms with van der Waals surface area (Å²) >= 11 is 0. The summed E-state index contributed by atoms with van der Waals surface area (Å²) in [6.45, 7) is 3.94. The van der Waals surface area contributed by atoms with E-state index in [1.54, 1.807) is 12.3 Å². The van der Waals surface area contributed by atoms with E-state index in [1.807, 2.05) is 13.0 Å². The minimum atomic E-state index is 0.506. The van der Waals surface area contributed by atoms with Gasteiger partial charge in [0.15, 0.2) is 0 Å². The van der Waals surface area contributed by atoms with Gasteiger partial charge in [-0.2, -0.15) is 4.98 Å². The third-order valence-corrected chi connectivity index (χ3v) is 3.51. The van der Waals surface area contributed by atoms with Crippen LogP contribution in [0.2, 0.25) is 0 Å². The molecule has 0 atom stereocenters. The Hall–Kier alpha value is -2.04. The molecule has 0 spiro atoms. The van der Waals surface area contributed by atoms with E-state index in [0.29, 0.717) is 5.82 Å². The Balaban J connectivity index is 1.98. The number of anilines is 2. The third kappa shape index (κ3) is 2.41. The SMILES string of the molecule is Cc1occc1-c1cc(N)nc(N2CCCCC2)n1. The molecule has 2 N–H and O–H groups in total. The second-order valence-corrected chi connectivity index (χ2v) is 4.92. The standard InChI is InChI=1S/C14H18N4O/c1-10-11(5-8-19-10)12-9-13(15)17-14(16-12)18-6-3-2-4-7-18/h5,8-9H,2-4,6-7H2,1H3,(H2,15,16,17). The molecule has 0 saturated carbocycles. The van der Waals surface area contributed by atoms with Crippen LogP contribution >= 0.6 is 0 Å². The predicted octanol–water partition coefficient (Wildman–Crippen LogP) is 2.62. The number of rotatable bonds is 2. The molecule has 1 aliphatic heterocycles. The summed E-state index contributed by atoms with van der Waals surface area (Å²) in [7, 11) is 0. The van der Waals surface area contributed by atoms with Crippen LogP contribution in [0.5, 0.6) is 0 Å². The van der Waals surface area contributed by atoms with Crippen molar-refractivity contribution in [1.29, 1.82) is 0 Å². The molecular formula is C14H18N4O. The molecule has 2 aromatic rings. The van der Waals surface area contributed by atoms with Crippen LogP contribution in [0, 0.1) is 6.92 Å². The normalized spacial score (nSPS) is 15.7. The Bertz CT molecular complexity index is 573. The van der Waals surface area contributed by atoms with Crippen molar-refractivity contribution in [2.75, 3.05) is 23.7 Å². The van der Waals surface area contributed by atoms with E-state index in [-0.39, 0.29) is 0 Å². The van der Waals surface area contributed by atoms with Crippen molar-refractivity contribution >= 4 is 11.8 Å². The number of hydrogen-bond donors (Lipinski definition) is 1. The minimum absolute atomic E-state index is 0.506. The molecule has 0 radical (unpaired) electrons. The summed E-state index contributed by atoms with van der Waals surface area (Å²) < 4.78 is 5.33. The fourth-order valence-electron chi connectivity index (χ4n) is 2.48. The first-order chi connectivity index (χ1) is 9.24. The van der Waals surface area contributed by atoms with Gasteiger partial charge >= 0.3 is 0 Å². The zero-order chi connectivity index (χ0) is 13.2. The van der Waals surface area contributed by atoms with E-state index in [4.69, 9.17) is 10.2 Å². The first kappa shape index (κ1) is 12.0. The van der Waals surface area contributed by atoms with Crippen LogP contribution in [0.4, 0.5) is 11.8 Å². The van der Waals surface area contributed by atoms with E-state index in [2.05, 4.69) is 14.9 Å². The topological polar surface area (TPSA) is 68.2 Å². The Morgan fingerprint density at radius 1 is 1.21 bits per heavy atom. The van der Waals surface area contributed by atoms with Crippen molar-refractivity contribution in [2.45, 2.75) is 26.2 Å². The molecular weight excluding hydrogens is 240 g/mol. The number of nitrogen functional groups attached to an aromatic ring is 1. The molecule has 19 heavy (non-hydrogen) atoms. The summed E-state index contributed by atoms with van der Waals surface area (Å²) in [5.41, 5.74) is 7.73. The van der Waals surface area contributed by atoms with Crippen molar-refractivity contribution in [3.8, 4) is 11.3 Å². The summed E-state index contributed by atoms with van der Waals surface area (Å²) in [5.74, 6) is 2.09. The summed E-state index contributed by atoms with van der Waals surface area (Å²) in [4.78, 5) is 11.2. The van der Waals surface area contributed by atoms with Gasteiger partial charge in [-0.3, -0.25) is 0 Å². The highest BCUT2D eigenvalue weighted by molar-refractivity contribution is 5.65. The molecule has 2 aromatic heterocycles. The van der Waals surface area contributed by atoms with Gasteiger partial charge in [0.05, 0.1) is 12.0 Å². The quantitative estimate of drug-likeness (QED) is 0.896. The summed E-state index contributed by atoms with van der Waals surface area (Å²) in [6.07, 6.45) is 5.34. The molecule has 1 aliphatic rings. The van der Waals surface area contributed by atoms with Crippen LogP contribution < -0.4 is 10.6 Å². The molecule has 3 heterocycles. The predicted molar refractivity (Wildman–Crippen MR) is 74.9 cm³/mol. The second-order valence-electron chi connectivity index (χ2n) is 4.92. The third-order valence-electron chi connectivity index (χ3n) is 3.51. The van der Waals surface area contributed by atoms with Crippen molar-refractivity contribution in [2.24, 2.45) is 0 Å². The first-order valence-corrected chi connectivity index (χ1v) is 6.68. The van der Waals surface area contributed by atoms with Crippen molar-refractivity contribution < 1.29 is 4.42 Å². The van der Waals surface area contributed by atoms with Gasteiger partial charge in [-0.05, 0) is 32.3 Å². The Morgan fingerprint density at radius 3 is 2.68 bits per heavy atom. The molecule has 3 rings (SSSR count). The zero-order valence-electron chi connectivity index (χ0n) is 11.1. The van der Waals surface area contributed by atoms with E-state index >= 15 is 0 Å². The number of hydrogen-bond acceptors (Lipinski definition) is 5. The van der Waals surface area contributed by atoms with Crippen LogP contribution in [-0.2, 0) is 0 Å². The Kier molecular flexibility index (Phi) is 3.11. The van der Waals surface area contributed by atoms with E-state index in [9.17, 15) is 0 Å². The average Bonchev–Trinajstić information content (AvgIpc) is 2.85. The fourth-order valence-corrected chi connectivity index (χ4v) is 2.48. The smallest absolute Gasteiger partial charge is 0.227 e. The number of furan rings is 1. The average molecular weight is 258 g/mol. The number of aryl methyl sites for hydroxylation is 1. The number of piperidine rings is 1. The number of nitrogens with two attached hydrogens (primary N) is 1. The van der Waals surface area contributed by atoms with Gasteiger partial charge < -0.3 is 15.1 Å². The van der Waals surface area contributed by atoms with Gasteiger partial charge in [0, 0.05) is 24.7 Å². The second kappa shape index (κ2) is 4.91. The maximum Gasteiger partial charge on any atom is 0.227 e. The van der Waals surface area contributed by atoms with Gasteiger partial charge in [0.25, 0.3) is 0 Å². The highest BCUT2D eigenvalue weighted by atomic mass is 16.3. The molecule has 5 heteroatoms. The van der Waals surface area contributed by atoms with Crippen molar-refractivity contribution in [3.63, 3.8) is 0 Å². The van der Waals surface area contributed by atoms with Gasteiger partial charge in [0.1, 0.15) is 11.6 Å². The lowest BCUT2D eigenvalue weighted by molar-refractivity contribution is 0.535. The maximum atomic E-state index is 5.91. The van der Waals surface area contributed by atoms with Crippen LogP contribution in [0.25, 0.3) is 11.3 Å². The van der Waals surface area contributed by atoms with Gasteiger partial charge in [0.2, 0.25) is 5.95 Å². The van der Waals surface area contributed by atoms with Gasteiger partial charge in [-0.15, -0.1) is 0 Å².